The topological polar surface area (TPSA) is 35.0 Å². The quantitative estimate of drug-likeness (QED) is 0.465. The number of ether oxygens (including phenoxy) is 1. The maximum Gasteiger partial charge on any atom is 0.163 e. The van der Waals surface area contributed by atoms with Crippen molar-refractivity contribution >= 4 is 0 Å². The summed E-state index contributed by atoms with van der Waals surface area (Å²) < 4.78 is 6.04. The summed E-state index contributed by atoms with van der Waals surface area (Å²) in [5, 5.41) is 0. The monoisotopic (exact) mass is 340 g/mol. The molecule has 136 valence electrons. The van der Waals surface area contributed by atoms with Crippen molar-refractivity contribution in [3.63, 3.8) is 0 Å². The SMILES string of the molecule is CCCCCc1ccnc(-c2ccccc2OCCCC(C)CC)n1. The van der Waals surface area contributed by atoms with Crippen molar-refractivity contribution < 1.29 is 4.74 Å². The highest BCUT2D eigenvalue weighted by Crippen LogP contribution is 2.27. The number of unbranched alkanes of at least 4 members (excludes halogenated alkanes) is 2. The van der Waals surface area contributed by atoms with Crippen molar-refractivity contribution in [3.8, 4) is 17.1 Å². The van der Waals surface area contributed by atoms with Crippen LogP contribution in [0, 0.1) is 5.92 Å². The lowest BCUT2D eigenvalue weighted by atomic mass is 10.0. The minimum atomic E-state index is 0.748. The Hall–Kier alpha value is -1.90. The van der Waals surface area contributed by atoms with Crippen LogP contribution in [-0.4, -0.2) is 16.6 Å². The van der Waals surface area contributed by atoms with E-state index in [2.05, 4.69) is 31.8 Å². The lowest BCUT2D eigenvalue weighted by Gasteiger charge is -2.12. The van der Waals surface area contributed by atoms with Crippen LogP contribution in [0.1, 0.15) is 65.0 Å². The minimum absolute atomic E-state index is 0.748. The predicted octanol–water partition coefficient (Wildman–Crippen LogP) is 6.08. The molecule has 1 aromatic carbocycles. The van der Waals surface area contributed by atoms with Gasteiger partial charge in [-0.25, -0.2) is 9.97 Å². The summed E-state index contributed by atoms with van der Waals surface area (Å²) in [6.07, 6.45) is 10.1. The average Bonchev–Trinajstić information content (AvgIpc) is 2.66. The summed E-state index contributed by atoms with van der Waals surface area (Å²) in [7, 11) is 0. The molecule has 1 atom stereocenters. The van der Waals surface area contributed by atoms with E-state index >= 15 is 0 Å². The van der Waals surface area contributed by atoms with Crippen LogP contribution in [-0.2, 0) is 6.42 Å². The molecule has 2 rings (SSSR count). The maximum atomic E-state index is 6.04. The molecule has 0 spiro atoms. The van der Waals surface area contributed by atoms with Gasteiger partial charge >= 0.3 is 0 Å². The fraction of sp³-hybridized carbons (Fsp3) is 0.545. The number of hydrogen-bond acceptors (Lipinski definition) is 3. The molecule has 0 N–H and O–H groups in total. The second-order valence-electron chi connectivity index (χ2n) is 6.83. The molecule has 3 heteroatoms. The summed E-state index contributed by atoms with van der Waals surface area (Å²) in [4.78, 5) is 9.23. The van der Waals surface area contributed by atoms with Gasteiger partial charge in [-0.05, 0) is 49.8 Å². The van der Waals surface area contributed by atoms with E-state index in [-0.39, 0.29) is 0 Å². The largest absolute Gasteiger partial charge is 0.493 e. The van der Waals surface area contributed by atoms with Crippen LogP contribution >= 0.6 is 0 Å². The Balaban J connectivity index is 2.03. The standard InChI is InChI=1S/C22H32N2O/c1-4-6-7-12-19-15-16-23-22(24-19)20-13-8-9-14-21(20)25-17-10-11-18(3)5-2/h8-9,13-16,18H,4-7,10-12,17H2,1-3H3. The molecule has 0 aliphatic heterocycles. The third kappa shape index (κ3) is 6.49. The van der Waals surface area contributed by atoms with Crippen molar-refractivity contribution in [2.45, 2.75) is 65.7 Å². The van der Waals surface area contributed by atoms with Gasteiger partial charge in [-0.15, -0.1) is 0 Å². The molecule has 0 saturated carbocycles. The number of aryl methyl sites for hydroxylation is 1. The van der Waals surface area contributed by atoms with E-state index in [0.29, 0.717) is 0 Å². The van der Waals surface area contributed by atoms with Gasteiger partial charge in [-0.2, -0.15) is 0 Å². The van der Waals surface area contributed by atoms with Crippen LogP contribution in [0.2, 0.25) is 0 Å². The van der Waals surface area contributed by atoms with E-state index in [0.717, 1.165) is 48.2 Å². The number of aromatic nitrogens is 2. The first kappa shape index (κ1) is 19.4. The Bertz CT molecular complexity index is 627. The van der Waals surface area contributed by atoms with Crippen molar-refractivity contribution in [1.82, 2.24) is 9.97 Å². The van der Waals surface area contributed by atoms with E-state index in [9.17, 15) is 0 Å². The zero-order valence-electron chi connectivity index (χ0n) is 16.0. The van der Waals surface area contributed by atoms with E-state index in [4.69, 9.17) is 9.72 Å². The molecule has 0 aliphatic carbocycles. The molecule has 0 aliphatic rings. The lowest BCUT2D eigenvalue weighted by Crippen LogP contribution is -2.03. The van der Waals surface area contributed by atoms with E-state index < -0.39 is 0 Å². The third-order valence-corrected chi connectivity index (χ3v) is 4.67. The molecular formula is C22H32N2O. The van der Waals surface area contributed by atoms with Crippen molar-refractivity contribution in [2.75, 3.05) is 6.61 Å². The highest BCUT2D eigenvalue weighted by molar-refractivity contribution is 5.63. The molecule has 2 aromatic rings. The van der Waals surface area contributed by atoms with Gasteiger partial charge in [-0.3, -0.25) is 0 Å². The molecule has 0 radical (unpaired) electrons. The molecule has 25 heavy (non-hydrogen) atoms. The van der Waals surface area contributed by atoms with Crippen LogP contribution in [0.5, 0.6) is 5.75 Å². The number of rotatable bonds is 11. The van der Waals surface area contributed by atoms with E-state index in [1.807, 2.05) is 30.5 Å². The fourth-order valence-corrected chi connectivity index (χ4v) is 2.82. The number of hydrogen-bond donors (Lipinski definition) is 0. The number of para-hydroxylation sites is 1. The van der Waals surface area contributed by atoms with Crippen molar-refractivity contribution in [3.05, 3.63) is 42.2 Å². The van der Waals surface area contributed by atoms with Crippen LogP contribution < -0.4 is 4.74 Å². The van der Waals surface area contributed by atoms with Crippen LogP contribution in [0.3, 0.4) is 0 Å². The molecule has 0 amide bonds. The van der Waals surface area contributed by atoms with Crippen molar-refractivity contribution in [1.29, 1.82) is 0 Å². The fourth-order valence-electron chi connectivity index (χ4n) is 2.82. The van der Waals surface area contributed by atoms with E-state index in [1.54, 1.807) is 0 Å². The molecule has 0 saturated heterocycles. The first-order valence-electron chi connectivity index (χ1n) is 9.78. The van der Waals surface area contributed by atoms with Gasteiger partial charge in [0.1, 0.15) is 5.75 Å². The number of nitrogens with zero attached hydrogens (tertiary/aromatic N) is 2. The molecule has 0 fully saturated rings. The summed E-state index contributed by atoms with van der Waals surface area (Å²) in [6, 6.07) is 10.1. The summed E-state index contributed by atoms with van der Waals surface area (Å²) in [5.41, 5.74) is 2.11. The lowest BCUT2D eigenvalue weighted by molar-refractivity contribution is 0.295. The zero-order valence-corrected chi connectivity index (χ0v) is 16.0. The third-order valence-electron chi connectivity index (χ3n) is 4.67. The Kier molecular flexibility index (Phi) is 8.44. The molecule has 1 aromatic heterocycles. The van der Waals surface area contributed by atoms with Crippen LogP contribution in [0.15, 0.2) is 36.5 Å². The summed E-state index contributed by atoms with van der Waals surface area (Å²) in [6.45, 7) is 7.51. The van der Waals surface area contributed by atoms with Gasteiger partial charge in [0.2, 0.25) is 0 Å². The Morgan fingerprint density at radius 3 is 2.68 bits per heavy atom. The minimum Gasteiger partial charge on any atom is -0.493 e. The normalized spacial score (nSPS) is 12.1. The summed E-state index contributed by atoms with van der Waals surface area (Å²) >= 11 is 0. The highest BCUT2D eigenvalue weighted by Gasteiger charge is 2.09. The van der Waals surface area contributed by atoms with Crippen LogP contribution in [0.4, 0.5) is 0 Å². The maximum absolute atomic E-state index is 6.04. The predicted molar refractivity (Wildman–Crippen MR) is 105 cm³/mol. The molecule has 1 unspecified atom stereocenters. The first-order valence-corrected chi connectivity index (χ1v) is 9.78. The molecule has 3 nitrogen and oxygen atoms in total. The average molecular weight is 341 g/mol. The van der Waals surface area contributed by atoms with Gasteiger partial charge in [0, 0.05) is 11.9 Å². The van der Waals surface area contributed by atoms with Gasteiger partial charge in [0.25, 0.3) is 0 Å². The highest BCUT2D eigenvalue weighted by atomic mass is 16.5. The Labute approximate surface area is 152 Å². The Morgan fingerprint density at radius 2 is 1.88 bits per heavy atom. The molecule has 1 heterocycles. The molecule has 0 bridgehead atoms. The van der Waals surface area contributed by atoms with E-state index in [1.165, 1.54) is 32.1 Å². The second-order valence-corrected chi connectivity index (χ2v) is 6.83. The van der Waals surface area contributed by atoms with Gasteiger partial charge in [0.05, 0.1) is 12.2 Å². The smallest absolute Gasteiger partial charge is 0.163 e. The van der Waals surface area contributed by atoms with Gasteiger partial charge < -0.3 is 4.74 Å². The molecular weight excluding hydrogens is 308 g/mol. The number of benzene rings is 1. The summed E-state index contributed by atoms with van der Waals surface area (Å²) in [5.74, 6) is 2.42. The Morgan fingerprint density at radius 1 is 1.04 bits per heavy atom. The van der Waals surface area contributed by atoms with Gasteiger partial charge in [-0.1, -0.05) is 52.2 Å². The second kappa shape index (κ2) is 10.9. The van der Waals surface area contributed by atoms with Gasteiger partial charge in [0.15, 0.2) is 5.82 Å². The van der Waals surface area contributed by atoms with Crippen LogP contribution in [0.25, 0.3) is 11.4 Å². The van der Waals surface area contributed by atoms with Crippen molar-refractivity contribution in [2.24, 2.45) is 5.92 Å². The first-order chi connectivity index (χ1) is 12.2. The zero-order chi connectivity index (χ0) is 17.9.